The van der Waals surface area contributed by atoms with Crippen LogP contribution in [0, 0.1) is 35.0 Å². The van der Waals surface area contributed by atoms with Crippen molar-refractivity contribution in [2.24, 2.45) is 50.0 Å². The average molecular weight is 899 g/mol. The number of nitrogens with one attached hydrogen (secondary N) is 1. The smallest absolute Gasteiger partial charge is 0.324 e. The topological polar surface area (TPSA) is 139 Å². The molecule has 354 valence electrons. The number of aliphatic imine (C=N–C) groups is 3. The molecule has 1 saturated carbocycles. The van der Waals surface area contributed by atoms with Gasteiger partial charge in [-0.3, -0.25) is 14.4 Å². The van der Waals surface area contributed by atoms with Crippen molar-refractivity contribution in [2.45, 2.75) is 146 Å². The monoisotopic (exact) mass is 899 g/mol. The van der Waals surface area contributed by atoms with E-state index in [1.165, 1.54) is 57.6 Å². The summed E-state index contributed by atoms with van der Waals surface area (Å²) in [5.41, 5.74) is 9.06. The lowest BCUT2D eigenvalue weighted by Crippen LogP contribution is -2.37. The third-order valence-electron chi connectivity index (χ3n) is 14.7. The number of allylic oxidation sites excluding steroid dienone is 12. The Balaban J connectivity index is 1.24. The van der Waals surface area contributed by atoms with Gasteiger partial charge in [-0.25, -0.2) is 15.0 Å². The molecule has 10 nitrogen and oxygen atoms in total. The molecule has 6 rings (SSSR count). The number of rotatable bonds is 20. The van der Waals surface area contributed by atoms with E-state index in [2.05, 4.69) is 53.4 Å². The van der Waals surface area contributed by atoms with Gasteiger partial charge in [0.15, 0.2) is 11.2 Å². The van der Waals surface area contributed by atoms with E-state index in [0.717, 1.165) is 53.4 Å². The largest absolute Gasteiger partial charge is 0.515 e. The van der Waals surface area contributed by atoms with Gasteiger partial charge in [-0.15, -0.1) is 0 Å². The molecule has 66 heavy (non-hydrogen) atoms. The lowest BCUT2D eigenvalue weighted by molar-refractivity contribution is -0.152. The summed E-state index contributed by atoms with van der Waals surface area (Å²) in [4.78, 5) is 57.3. The van der Waals surface area contributed by atoms with Gasteiger partial charge in [0.2, 0.25) is 0 Å². The summed E-state index contributed by atoms with van der Waals surface area (Å²) in [5, 5.41) is 14.1. The Morgan fingerprint density at radius 1 is 0.924 bits per heavy atom. The van der Waals surface area contributed by atoms with Crippen LogP contribution in [0.1, 0.15) is 146 Å². The number of esters is 2. The van der Waals surface area contributed by atoms with Crippen molar-refractivity contribution in [1.29, 1.82) is 0 Å². The van der Waals surface area contributed by atoms with E-state index < -0.39 is 17.2 Å². The van der Waals surface area contributed by atoms with Crippen molar-refractivity contribution in [1.82, 2.24) is 5.32 Å². The first-order valence-electron chi connectivity index (χ1n) is 24.5. The highest BCUT2D eigenvalue weighted by atomic mass is 16.5. The first-order valence-corrected chi connectivity index (χ1v) is 24.5. The van der Waals surface area contributed by atoms with Crippen molar-refractivity contribution >= 4 is 34.9 Å². The number of nitrogens with zero attached hydrogens (tertiary/aromatic N) is 3. The molecule has 5 heterocycles. The Bertz CT molecular complexity index is 2400. The zero-order valence-electron chi connectivity index (χ0n) is 41.6. The third kappa shape index (κ3) is 10.3. The number of hydrogen-bond acceptors (Lipinski definition) is 10. The number of hydrogen-bond donors (Lipinski definition) is 2. The van der Waals surface area contributed by atoms with Gasteiger partial charge in [-0.2, -0.15) is 0 Å². The second kappa shape index (κ2) is 21.5. The van der Waals surface area contributed by atoms with Crippen molar-refractivity contribution in [3.63, 3.8) is 0 Å². The standard InChI is InChI=1S/C56H74N4O6/c1-13-39-36(8)43-28-44-37(9)41(24-25-49(62)66-27-26-35(7)23-17-22-34(6)21-16-20-33(5)19-15-18-32(3)4)52(59-44)51-53-50(54(63)56(51,11)55(64)65-12)38(10)45(60-53)29-47-40(14-2)42(31-61)48(58-47)30-46(39)57-43/h13,26,28-34,37,41,59,61H,1,14-25,27H2,2-12H3/b35-26+,42-31+,44-28?,45-29?,46-30?,52-51?/t33-,34-,37+,41+,56-/m1/s1. The molecular formula is C56H74N4O6. The van der Waals surface area contributed by atoms with Crippen LogP contribution >= 0.6 is 0 Å². The number of ether oxygens (including phenoxy) is 2. The molecule has 0 radical (unpaired) electrons. The van der Waals surface area contributed by atoms with Crippen LogP contribution in [0.2, 0.25) is 0 Å². The van der Waals surface area contributed by atoms with Crippen LogP contribution in [0.3, 0.4) is 0 Å². The van der Waals surface area contributed by atoms with E-state index in [4.69, 9.17) is 24.5 Å². The van der Waals surface area contributed by atoms with E-state index >= 15 is 0 Å². The third-order valence-corrected chi connectivity index (χ3v) is 14.7. The Labute approximate surface area is 394 Å². The predicted molar refractivity (Wildman–Crippen MR) is 267 cm³/mol. The molecule has 0 amide bonds. The molecular weight excluding hydrogens is 825 g/mol. The van der Waals surface area contributed by atoms with Crippen LogP contribution in [0.15, 0.2) is 131 Å². The minimum Gasteiger partial charge on any atom is -0.515 e. The molecule has 6 aliphatic rings. The van der Waals surface area contributed by atoms with E-state index in [0.29, 0.717) is 81.0 Å². The predicted octanol–water partition coefficient (Wildman–Crippen LogP) is 12.5. The number of fused-ring (bicyclic) bond motifs is 5. The van der Waals surface area contributed by atoms with Crippen LogP contribution in [0.5, 0.6) is 0 Å². The Kier molecular flexibility index (Phi) is 16.3. The molecule has 5 atom stereocenters. The number of carbonyl (C=O) groups is 3. The number of aliphatic hydroxyl groups excluding tert-OH is 1. The summed E-state index contributed by atoms with van der Waals surface area (Å²) in [6.07, 6.45) is 22.9. The van der Waals surface area contributed by atoms with Crippen LogP contribution in [0.25, 0.3) is 0 Å². The van der Waals surface area contributed by atoms with Crippen LogP contribution in [-0.2, 0) is 23.9 Å². The molecule has 1 saturated heterocycles. The zero-order chi connectivity index (χ0) is 48.0. The summed E-state index contributed by atoms with van der Waals surface area (Å²) in [5.74, 6) is 0.418. The Morgan fingerprint density at radius 3 is 2.24 bits per heavy atom. The average Bonchev–Trinajstić information content (AvgIpc) is 4.01. The number of aliphatic hydroxyl groups is 1. The summed E-state index contributed by atoms with van der Waals surface area (Å²) in [6.45, 7) is 25.3. The van der Waals surface area contributed by atoms with E-state index in [-0.39, 0.29) is 30.8 Å². The molecule has 2 fully saturated rings. The van der Waals surface area contributed by atoms with Crippen LogP contribution < -0.4 is 5.32 Å². The maximum Gasteiger partial charge on any atom is 0.324 e. The van der Waals surface area contributed by atoms with Gasteiger partial charge >= 0.3 is 11.9 Å². The van der Waals surface area contributed by atoms with E-state index in [1.807, 2.05) is 45.1 Å². The molecule has 5 aliphatic heterocycles. The maximum atomic E-state index is 14.7. The molecule has 0 aromatic carbocycles. The lowest BCUT2D eigenvalue weighted by Gasteiger charge is -2.25. The van der Waals surface area contributed by atoms with Gasteiger partial charge < -0.3 is 19.9 Å². The highest BCUT2D eigenvalue weighted by molar-refractivity contribution is 6.44. The maximum absolute atomic E-state index is 14.7. The van der Waals surface area contributed by atoms with Crippen molar-refractivity contribution < 1.29 is 29.0 Å². The van der Waals surface area contributed by atoms with Gasteiger partial charge in [0.05, 0.1) is 53.2 Å². The van der Waals surface area contributed by atoms with E-state index in [9.17, 15) is 19.5 Å². The van der Waals surface area contributed by atoms with Crippen LogP contribution in [0.4, 0.5) is 0 Å². The minimum atomic E-state index is -1.70. The van der Waals surface area contributed by atoms with E-state index in [1.54, 1.807) is 13.0 Å². The number of Topliss-reactive ketones (excluding diaryl/α,β-unsaturated/α-hetero) is 1. The second-order valence-corrected chi connectivity index (χ2v) is 20.0. The zero-order valence-corrected chi connectivity index (χ0v) is 41.6. The highest BCUT2D eigenvalue weighted by Gasteiger charge is 2.60. The summed E-state index contributed by atoms with van der Waals surface area (Å²) in [6, 6.07) is 0. The fraction of sp³-hybridized carbons (Fsp3) is 0.536. The van der Waals surface area contributed by atoms with Crippen molar-refractivity contribution in [3.8, 4) is 0 Å². The Hall–Kier alpha value is -5.38. The fourth-order valence-corrected chi connectivity index (χ4v) is 10.4. The molecule has 10 heteroatoms. The Morgan fingerprint density at radius 2 is 1.61 bits per heavy atom. The first kappa shape index (κ1) is 50.0. The van der Waals surface area contributed by atoms with Gasteiger partial charge in [-0.05, 0) is 112 Å². The normalized spacial score (nSPS) is 24.2. The molecule has 1 aliphatic carbocycles. The van der Waals surface area contributed by atoms with Gasteiger partial charge in [0.1, 0.15) is 6.61 Å². The lowest BCUT2D eigenvalue weighted by atomic mass is 9.78. The first-order chi connectivity index (χ1) is 31.5. The van der Waals surface area contributed by atoms with Crippen molar-refractivity contribution in [3.05, 3.63) is 116 Å². The number of carbonyl (C=O) groups excluding carboxylic acids is 3. The molecule has 0 aromatic heterocycles. The van der Waals surface area contributed by atoms with Gasteiger partial charge in [0.25, 0.3) is 0 Å². The SMILES string of the molecule is C=CC1=C(C)C2=NC1=CC1=NC(=C(CC)/C1=C\O)C=C1N=C3C(=C1C)C(=O)[C@](C)(C(=O)OC)C3=C1NC(=C2)[C@@H](C)[C@@H]1CCC(=O)OC/C=C(\C)CCC[C@H](C)CCC[C@H](C)CCCC(C)C. The molecule has 0 aromatic rings. The van der Waals surface area contributed by atoms with Gasteiger partial charge in [0, 0.05) is 46.4 Å². The fourth-order valence-electron chi connectivity index (χ4n) is 10.4. The molecule has 2 N–H and O–H groups in total. The summed E-state index contributed by atoms with van der Waals surface area (Å²) in [7, 11) is 1.29. The number of ketones is 1. The molecule has 0 spiro atoms. The summed E-state index contributed by atoms with van der Waals surface area (Å²) < 4.78 is 11.2. The number of methoxy groups -OCH3 is 1. The highest BCUT2D eigenvalue weighted by Crippen LogP contribution is 2.52. The molecule has 0 unspecified atom stereocenters. The summed E-state index contributed by atoms with van der Waals surface area (Å²) >= 11 is 0. The van der Waals surface area contributed by atoms with Crippen LogP contribution in [-0.4, -0.2) is 53.7 Å². The van der Waals surface area contributed by atoms with Gasteiger partial charge in [-0.1, -0.05) is 105 Å². The minimum absolute atomic E-state index is 0.131. The second-order valence-electron chi connectivity index (χ2n) is 20.0. The molecule has 8 bridgehead atoms. The quantitative estimate of drug-likeness (QED) is 0.0537. The van der Waals surface area contributed by atoms with Crippen molar-refractivity contribution in [2.75, 3.05) is 13.7 Å².